The normalized spacial score (nSPS) is 13.9. The molecule has 1 aromatic carbocycles. The molecule has 0 atom stereocenters. The Morgan fingerprint density at radius 2 is 2.11 bits per heavy atom. The summed E-state index contributed by atoms with van der Waals surface area (Å²) >= 11 is 0. The van der Waals surface area contributed by atoms with Crippen molar-refractivity contribution >= 4 is 17.5 Å². The number of fused-ring (bicyclic) bond motifs is 1. The maximum atomic E-state index is 12.0. The van der Waals surface area contributed by atoms with Gasteiger partial charge in [0, 0.05) is 18.8 Å². The van der Waals surface area contributed by atoms with Gasteiger partial charge >= 0.3 is 11.8 Å². The largest absolute Gasteiger partial charge is 0.395 e. The standard InChI is InChI=1S/C13H16N2O3/c16-9-7-14-12(17)13(18)15-8-3-5-10-4-1-2-6-11(10)15/h1-2,4,6,16H,3,5,7-9H2,(H,14,17). The molecule has 0 fully saturated rings. The van der Waals surface area contributed by atoms with Gasteiger partial charge in [-0.1, -0.05) is 18.2 Å². The van der Waals surface area contributed by atoms with Crippen LogP contribution >= 0.6 is 0 Å². The lowest BCUT2D eigenvalue weighted by atomic mass is 10.0. The van der Waals surface area contributed by atoms with Gasteiger partial charge in [-0.3, -0.25) is 9.59 Å². The highest BCUT2D eigenvalue weighted by Crippen LogP contribution is 2.26. The number of rotatable bonds is 2. The maximum Gasteiger partial charge on any atom is 0.316 e. The molecule has 0 saturated carbocycles. The summed E-state index contributed by atoms with van der Waals surface area (Å²) in [6.07, 6.45) is 1.79. The van der Waals surface area contributed by atoms with Crippen molar-refractivity contribution in [3.63, 3.8) is 0 Å². The molecule has 1 aliphatic heterocycles. The summed E-state index contributed by atoms with van der Waals surface area (Å²) < 4.78 is 0. The lowest BCUT2D eigenvalue weighted by Gasteiger charge is -2.28. The van der Waals surface area contributed by atoms with Crippen LogP contribution in [0.5, 0.6) is 0 Å². The van der Waals surface area contributed by atoms with Crippen LogP contribution in [-0.2, 0) is 16.0 Å². The average molecular weight is 248 g/mol. The summed E-state index contributed by atoms with van der Waals surface area (Å²) in [4.78, 5) is 25.1. The van der Waals surface area contributed by atoms with E-state index in [-0.39, 0.29) is 13.2 Å². The van der Waals surface area contributed by atoms with E-state index in [4.69, 9.17) is 5.11 Å². The molecule has 1 heterocycles. The minimum Gasteiger partial charge on any atom is -0.395 e. The summed E-state index contributed by atoms with van der Waals surface area (Å²) in [6, 6.07) is 7.61. The molecule has 0 spiro atoms. The highest BCUT2D eigenvalue weighted by Gasteiger charge is 2.26. The minimum absolute atomic E-state index is 0.0973. The first-order valence-corrected chi connectivity index (χ1v) is 6.02. The van der Waals surface area contributed by atoms with Crippen molar-refractivity contribution < 1.29 is 14.7 Å². The Labute approximate surface area is 105 Å². The molecule has 2 N–H and O–H groups in total. The number of aliphatic hydroxyl groups is 1. The van der Waals surface area contributed by atoms with Crippen molar-refractivity contribution in [3.8, 4) is 0 Å². The van der Waals surface area contributed by atoms with E-state index in [0.717, 1.165) is 24.1 Å². The van der Waals surface area contributed by atoms with Crippen LogP contribution in [0.25, 0.3) is 0 Å². The van der Waals surface area contributed by atoms with Crippen molar-refractivity contribution in [2.45, 2.75) is 12.8 Å². The molecule has 0 bridgehead atoms. The van der Waals surface area contributed by atoms with Gasteiger partial charge in [-0.15, -0.1) is 0 Å². The third kappa shape index (κ3) is 2.51. The van der Waals surface area contributed by atoms with E-state index in [1.165, 1.54) is 4.90 Å². The number of anilines is 1. The number of nitrogens with one attached hydrogen (secondary N) is 1. The third-order valence-corrected chi connectivity index (χ3v) is 2.95. The lowest BCUT2D eigenvalue weighted by molar-refractivity contribution is -0.137. The van der Waals surface area contributed by atoms with Crippen molar-refractivity contribution in [3.05, 3.63) is 29.8 Å². The molecule has 0 aromatic heterocycles. The Morgan fingerprint density at radius 3 is 2.89 bits per heavy atom. The Morgan fingerprint density at radius 1 is 1.33 bits per heavy atom. The number of hydrogen-bond donors (Lipinski definition) is 2. The topological polar surface area (TPSA) is 69.6 Å². The second-order valence-corrected chi connectivity index (χ2v) is 4.17. The zero-order valence-corrected chi connectivity index (χ0v) is 10.1. The van der Waals surface area contributed by atoms with Gasteiger partial charge in [0.05, 0.1) is 6.61 Å². The second kappa shape index (κ2) is 5.64. The number of amides is 2. The maximum absolute atomic E-state index is 12.0. The number of aryl methyl sites for hydroxylation is 1. The van der Waals surface area contributed by atoms with Crippen molar-refractivity contribution in [2.75, 3.05) is 24.6 Å². The first kappa shape index (κ1) is 12.6. The van der Waals surface area contributed by atoms with Gasteiger partial charge in [-0.25, -0.2) is 0 Å². The molecule has 5 heteroatoms. The van der Waals surface area contributed by atoms with E-state index in [2.05, 4.69) is 5.32 Å². The van der Waals surface area contributed by atoms with Crippen LogP contribution in [0.15, 0.2) is 24.3 Å². The van der Waals surface area contributed by atoms with Crippen molar-refractivity contribution in [2.24, 2.45) is 0 Å². The van der Waals surface area contributed by atoms with Crippen LogP contribution in [-0.4, -0.2) is 36.6 Å². The predicted molar refractivity (Wildman–Crippen MR) is 67.2 cm³/mol. The number of hydrogen-bond acceptors (Lipinski definition) is 3. The number of nitrogens with zero attached hydrogens (tertiary/aromatic N) is 1. The molecule has 0 aliphatic carbocycles. The number of carbonyl (C=O) groups is 2. The zero-order valence-electron chi connectivity index (χ0n) is 10.1. The second-order valence-electron chi connectivity index (χ2n) is 4.17. The van der Waals surface area contributed by atoms with E-state index in [9.17, 15) is 9.59 Å². The van der Waals surface area contributed by atoms with Crippen LogP contribution in [0, 0.1) is 0 Å². The molecule has 1 aliphatic rings. The van der Waals surface area contributed by atoms with Crippen LogP contribution in [0.4, 0.5) is 5.69 Å². The molecule has 5 nitrogen and oxygen atoms in total. The van der Waals surface area contributed by atoms with Gasteiger partial charge < -0.3 is 15.3 Å². The van der Waals surface area contributed by atoms with Crippen LogP contribution in [0.3, 0.4) is 0 Å². The number of aliphatic hydroxyl groups excluding tert-OH is 1. The molecule has 2 rings (SSSR count). The Kier molecular flexibility index (Phi) is 3.94. The quantitative estimate of drug-likeness (QED) is 0.728. The fourth-order valence-electron chi connectivity index (χ4n) is 2.11. The fourth-order valence-corrected chi connectivity index (χ4v) is 2.11. The third-order valence-electron chi connectivity index (χ3n) is 2.95. The molecule has 96 valence electrons. The molecular formula is C13H16N2O3. The first-order valence-electron chi connectivity index (χ1n) is 6.02. The van der Waals surface area contributed by atoms with E-state index in [1.54, 1.807) is 0 Å². The van der Waals surface area contributed by atoms with E-state index in [0.29, 0.717) is 6.54 Å². The van der Waals surface area contributed by atoms with Crippen LogP contribution in [0.1, 0.15) is 12.0 Å². The Hall–Kier alpha value is -1.88. The van der Waals surface area contributed by atoms with Gasteiger partial charge in [0.15, 0.2) is 0 Å². The predicted octanol–water partition coefficient (Wildman–Crippen LogP) is 0.0743. The zero-order chi connectivity index (χ0) is 13.0. The minimum atomic E-state index is -0.666. The molecule has 0 radical (unpaired) electrons. The summed E-state index contributed by atoms with van der Waals surface area (Å²) in [5.74, 6) is -1.23. The Balaban J connectivity index is 2.15. The van der Waals surface area contributed by atoms with Gasteiger partial charge in [0.2, 0.25) is 0 Å². The number of carbonyl (C=O) groups excluding carboxylic acids is 2. The van der Waals surface area contributed by atoms with Gasteiger partial charge in [-0.05, 0) is 24.5 Å². The summed E-state index contributed by atoms with van der Waals surface area (Å²) in [5, 5.41) is 11.0. The molecule has 2 amide bonds. The van der Waals surface area contributed by atoms with Crippen molar-refractivity contribution in [1.29, 1.82) is 0 Å². The number of benzene rings is 1. The van der Waals surface area contributed by atoms with E-state index < -0.39 is 11.8 Å². The first-order chi connectivity index (χ1) is 8.74. The monoisotopic (exact) mass is 248 g/mol. The molecule has 0 saturated heterocycles. The van der Waals surface area contributed by atoms with Crippen LogP contribution < -0.4 is 10.2 Å². The van der Waals surface area contributed by atoms with E-state index in [1.807, 2.05) is 24.3 Å². The van der Waals surface area contributed by atoms with Crippen LogP contribution in [0.2, 0.25) is 0 Å². The fraction of sp³-hybridized carbons (Fsp3) is 0.385. The summed E-state index contributed by atoms with van der Waals surface area (Å²) in [6.45, 7) is 0.484. The van der Waals surface area contributed by atoms with Gasteiger partial charge in [0.25, 0.3) is 0 Å². The highest BCUT2D eigenvalue weighted by molar-refractivity contribution is 6.40. The average Bonchev–Trinajstić information content (AvgIpc) is 2.43. The van der Waals surface area contributed by atoms with E-state index >= 15 is 0 Å². The molecule has 18 heavy (non-hydrogen) atoms. The van der Waals surface area contributed by atoms with Crippen molar-refractivity contribution in [1.82, 2.24) is 5.32 Å². The molecular weight excluding hydrogens is 232 g/mol. The smallest absolute Gasteiger partial charge is 0.316 e. The summed E-state index contributed by atoms with van der Waals surface area (Å²) in [7, 11) is 0. The summed E-state index contributed by atoms with van der Waals surface area (Å²) in [5.41, 5.74) is 1.90. The lowest BCUT2D eigenvalue weighted by Crippen LogP contribution is -2.45. The SMILES string of the molecule is O=C(NCCO)C(=O)N1CCCc2ccccc21. The highest BCUT2D eigenvalue weighted by atomic mass is 16.3. The number of para-hydroxylation sites is 1. The Bertz CT molecular complexity index is 459. The molecule has 0 unspecified atom stereocenters. The molecule has 1 aromatic rings. The van der Waals surface area contributed by atoms with Gasteiger partial charge in [-0.2, -0.15) is 0 Å². The van der Waals surface area contributed by atoms with Gasteiger partial charge in [0.1, 0.15) is 0 Å².